The summed E-state index contributed by atoms with van der Waals surface area (Å²) in [5.41, 5.74) is 2.65. The number of quaternary nitrogens is 1. The highest BCUT2D eigenvalue weighted by molar-refractivity contribution is 7.45. The lowest BCUT2D eigenvalue weighted by atomic mass is 10.0. The number of likely N-dealkylation sites (N-methyl/N-ethyl adjacent to an activating group) is 1. The van der Waals surface area contributed by atoms with Gasteiger partial charge in [-0.1, -0.05) is 127 Å². The van der Waals surface area contributed by atoms with Crippen molar-refractivity contribution in [1.29, 1.82) is 0 Å². The first kappa shape index (κ1) is 57.2. The summed E-state index contributed by atoms with van der Waals surface area (Å²) in [6, 6.07) is 0. The van der Waals surface area contributed by atoms with Gasteiger partial charge < -0.3 is 37.4 Å². The third-order valence-electron chi connectivity index (χ3n) is 10.6. The van der Waals surface area contributed by atoms with Crippen LogP contribution in [0.3, 0.4) is 0 Å². The van der Waals surface area contributed by atoms with Crippen LogP contribution in [0.5, 0.6) is 0 Å². The molecule has 11 nitrogen and oxygen atoms in total. The van der Waals surface area contributed by atoms with Crippen molar-refractivity contribution >= 4 is 19.8 Å². The Morgan fingerprint density at radius 3 is 1.82 bits per heavy atom. The Balaban J connectivity index is 2.38. The number of phosphoric ester groups is 1. The lowest BCUT2D eigenvalue weighted by Crippen LogP contribution is -2.37. The van der Waals surface area contributed by atoms with Crippen LogP contribution in [-0.2, 0) is 45.5 Å². The van der Waals surface area contributed by atoms with Gasteiger partial charge in [-0.05, 0) is 82.8 Å². The number of allylic oxidation sites excluding steroid dienone is 7. The number of phosphoric acid groups is 1. The number of esters is 2. The van der Waals surface area contributed by atoms with Gasteiger partial charge in [-0.15, -0.1) is 0 Å². The number of hydrogen-bond donors (Lipinski definition) is 1. The average Bonchev–Trinajstić information content (AvgIpc) is 3.49. The molecule has 1 unspecified atom stereocenters. The number of aryl methyl sites for hydroxylation is 2. The van der Waals surface area contributed by atoms with E-state index >= 15 is 0 Å². The van der Waals surface area contributed by atoms with Crippen LogP contribution in [-0.4, -0.2) is 81.2 Å². The molecular weight excluding hydrogens is 806 g/mol. The molecule has 1 aromatic rings. The minimum absolute atomic E-state index is 0.0567. The van der Waals surface area contributed by atoms with E-state index in [1.807, 2.05) is 45.4 Å². The molecule has 0 bridgehead atoms. The summed E-state index contributed by atoms with van der Waals surface area (Å²) in [5.74, 6) is 1.38. The van der Waals surface area contributed by atoms with Gasteiger partial charge in [-0.25, -0.2) is 0 Å². The van der Waals surface area contributed by atoms with Crippen LogP contribution < -0.4 is 4.89 Å². The largest absolute Gasteiger partial charge is 0.756 e. The van der Waals surface area contributed by atoms with Crippen molar-refractivity contribution in [2.75, 3.05) is 47.5 Å². The van der Waals surface area contributed by atoms with Crippen molar-refractivity contribution in [2.24, 2.45) is 0 Å². The summed E-state index contributed by atoms with van der Waals surface area (Å²) in [5, 5.41) is 9.84. The molecular formula is C50H86NO10P. The number of rotatable bonds is 39. The van der Waals surface area contributed by atoms with Gasteiger partial charge in [0.05, 0.1) is 33.9 Å². The molecule has 3 atom stereocenters. The quantitative estimate of drug-likeness (QED) is 0.0223. The van der Waals surface area contributed by atoms with E-state index in [9.17, 15) is 24.2 Å². The van der Waals surface area contributed by atoms with E-state index in [-0.39, 0.29) is 32.2 Å². The Morgan fingerprint density at radius 2 is 1.23 bits per heavy atom. The van der Waals surface area contributed by atoms with Crippen LogP contribution in [0.15, 0.2) is 53.0 Å². The fraction of sp³-hybridized carbons (Fsp3) is 0.720. The predicted molar refractivity (Wildman–Crippen MR) is 250 cm³/mol. The molecule has 62 heavy (non-hydrogen) atoms. The highest BCUT2D eigenvalue weighted by Crippen LogP contribution is 2.38. The smallest absolute Gasteiger partial charge is 0.306 e. The molecule has 0 aromatic carbocycles. The van der Waals surface area contributed by atoms with E-state index in [4.69, 9.17) is 22.9 Å². The van der Waals surface area contributed by atoms with Crippen LogP contribution in [0, 0.1) is 13.8 Å². The molecule has 1 N–H and O–H groups in total. The standard InChI is InChI=1S/C50H86NO10P/c1-8-10-28-35-47-43(3)44(4)48(61-47)36-30-25-21-18-19-22-26-31-37-49(53)57-41-46(42-59-62(55,56)58-40-39-51(5,6)7)60-50(54)38-32-27-23-17-15-13-12-14-16-20-24-29-34-45(52)33-11-9-2/h12-13,16-17,20,23,29,34,45-46,52H,8-11,14-15,18-19,21-22,24-28,30-33,35-42H2,1-7H3/b13-12-,20-16-,23-17-,34-29-/t45-,46-/m1/s1. The second-order valence-electron chi connectivity index (χ2n) is 17.5. The summed E-state index contributed by atoms with van der Waals surface area (Å²) in [4.78, 5) is 37.7. The Bertz CT molecular complexity index is 1490. The number of ether oxygens (including phenoxy) is 2. The Kier molecular flexibility index (Phi) is 32.8. The number of aliphatic hydroxyl groups excluding tert-OH is 1. The zero-order valence-electron chi connectivity index (χ0n) is 39.9. The molecule has 0 saturated heterocycles. The topological polar surface area (TPSA) is 145 Å². The first-order chi connectivity index (χ1) is 29.7. The lowest BCUT2D eigenvalue weighted by Gasteiger charge is -2.28. The highest BCUT2D eigenvalue weighted by atomic mass is 31.2. The molecule has 12 heteroatoms. The molecule has 1 heterocycles. The fourth-order valence-electron chi connectivity index (χ4n) is 6.55. The number of aliphatic hydroxyl groups is 1. The van der Waals surface area contributed by atoms with Gasteiger partial charge in [0.2, 0.25) is 0 Å². The molecule has 0 fully saturated rings. The van der Waals surface area contributed by atoms with Crippen LogP contribution in [0.2, 0.25) is 0 Å². The van der Waals surface area contributed by atoms with E-state index in [2.05, 4.69) is 52.0 Å². The summed E-state index contributed by atoms with van der Waals surface area (Å²) in [7, 11) is 1.08. The normalized spacial score (nSPS) is 14.4. The Hall–Kier alpha value is -2.79. The number of nitrogens with zero attached hydrogens (tertiary/aromatic N) is 1. The molecule has 0 spiro atoms. The van der Waals surface area contributed by atoms with Crippen LogP contribution in [0.1, 0.15) is 171 Å². The Morgan fingerprint density at radius 1 is 0.694 bits per heavy atom. The number of unbranched alkanes of at least 4 members (excludes halogenated alkanes) is 11. The molecule has 0 aliphatic heterocycles. The SMILES string of the molecule is CCCCCc1oc(CCCCCCCCCCC(=O)OC[C@H](COP(=O)([O-])OCC[N+](C)(C)C)OC(=O)CCC/C=C\C/C=C\C/C=C\C/C=C\[C@H](O)CCCC)c(C)c1C. The zero-order chi connectivity index (χ0) is 45.9. The third-order valence-corrected chi connectivity index (χ3v) is 11.6. The number of carbonyl (C=O) groups is 2. The minimum atomic E-state index is -4.67. The molecule has 356 valence electrons. The first-order valence-electron chi connectivity index (χ1n) is 23.8. The van der Waals surface area contributed by atoms with Gasteiger partial charge in [0.1, 0.15) is 31.3 Å². The highest BCUT2D eigenvalue weighted by Gasteiger charge is 2.22. The maximum Gasteiger partial charge on any atom is 0.306 e. The number of carbonyl (C=O) groups excluding carboxylic acids is 2. The molecule has 0 aliphatic carbocycles. The Labute approximate surface area is 376 Å². The van der Waals surface area contributed by atoms with E-state index in [0.29, 0.717) is 30.3 Å². The van der Waals surface area contributed by atoms with Gasteiger partial charge in [0, 0.05) is 25.7 Å². The monoisotopic (exact) mass is 892 g/mol. The molecule has 0 saturated carbocycles. The zero-order valence-corrected chi connectivity index (χ0v) is 40.8. The van der Waals surface area contributed by atoms with Crippen molar-refractivity contribution in [3.8, 4) is 0 Å². The van der Waals surface area contributed by atoms with E-state index < -0.39 is 32.5 Å². The first-order valence-corrected chi connectivity index (χ1v) is 25.3. The van der Waals surface area contributed by atoms with Crippen molar-refractivity contribution in [3.05, 3.63) is 71.3 Å². The summed E-state index contributed by atoms with van der Waals surface area (Å²) < 4.78 is 40.1. The second-order valence-corrected chi connectivity index (χ2v) is 18.9. The molecule has 0 aliphatic rings. The van der Waals surface area contributed by atoms with Crippen LogP contribution in [0.4, 0.5) is 0 Å². The van der Waals surface area contributed by atoms with E-state index in [1.165, 1.54) is 49.0 Å². The number of furan rings is 1. The van der Waals surface area contributed by atoms with Crippen LogP contribution in [0.25, 0.3) is 0 Å². The van der Waals surface area contributed by atoms with Gasteiger partial charge in [-0.2, -0.15) is 0 Å². The fourth-order valence-corrected chi connectivity index (χ4v) is 7.28. The van der Waals surface area contributed by atoms with Crippen molar-refractivity contribution in [2.45, 2.75) is 188 Å². The van der Waals surface area contributed by atoms with Gasteiger partial charge in [-0.3, -0.25) is 14.2 Å². The van der Waals surface area contributed by atoms with Gasteiger partial charge in [0.25, 0.3) is 7.82 Å². The van der Waals surface area contributed by atoms with Gasteiger partial charge in [0.15, 0.2) is 6.10 Å². The van der Waals surface area contributed by atoms with Crippen molar-refractivity contribution in [1.82, 2.24) is 0 Å². The van der Waals surface area contributed by atoms with Crippen LogP contribution >= 0.6 is 7.82 Å². The predicted octanol–water partition coefficient (Wildman–Crippen LogP) is 11.5. The maximum atomic E-state index is 12.7. The van der Waals surface area contributed by atoms with Crippen molar-refractivity contribution < 1.29 is 51.6 Å². The lowest BCUT2D eigenvalue weighted by molar-refractivity contribution is -0.870. The molecule has 0 radical (unpaired) electrons. The number of hydrogen-bond acceptors (Lipinski definition) is 10. The second kappa shape index (κ2) is 35.5. The summed E-state index contributed by atoms with van der Waals surface area (Å²) in [6.07, 6.45) is 35.9. The van der Waals surface area contributed by atoms with Crippen molar-refractivity contribution in [3.63, 3.8) is 0 Å². The van der Waals surface area contributed by atoms with Gasteiger partial charge >= 0.3 is 11.9 Å². The van der Waals surface area contributed by atoms with E-state index in [1.54, 1.807) is 0 Å². The molecule has 1 aromatic heterocycles. The minimum Gasteiger partial charge on any atom is -0.756 e. The van der Waals surface area contributed by atoms with E-state index in [0.717, 1.165) is 89.2 Å². The summed E-state index contributed by atoms with van der Waals surface area (Å²) >= 11 is 0. The summed E-state index contributed by atoms with van der Waals surface area (Å²) in [6.45, 7) is 8.29. The average molecular weight is 892 g/mol. The maximum absolute atomic E-state index is 12.7. The third kappa shape index (κ3) is 32.0. The molecule has 1 rings (SSSR count). The molecule has 0 amide bonds.